The standard InChI is InChI=1S/C32H25F4NO8/c33-31(34)32(35,36)45-27-14-22(11-12-26(27)44-31)24(38)15-23(21-10-5-17-3-1-2-4-20(17)13-21)28(40)18-6-8-19(9-7-18)29(41)37-16-25(39)30(42)43/h5-15,25,39H,1-4,16H2,(H,37,41)(H,42,43)/t25-/m1/s1. The van der Waals surface area contributed by atoms with Gasteiger partial charge in [0.2, 0.25) is 0 Å². The molecular weight excluding hydrogens is 602 g/mol. The Morgan fingerprint density at radius 3 is 2.02 bits per heavy atom. The van der Waals surface area contributed by atoms with Gasteiger partial charge in [-0.2, -0.15) is 17.6 Å². The lowest BCUT2D eigenvalue weighted by molar-refractivity contribution is -0.391. The fourth-order valence-corrected chi connectivity index (χ4v) is 4.92. The number of amides is 1. The van der Waals surface area contributed by atoms with Gasteiger partial charge in [-0.05, 0) is 78.8 Å². The Labute approximate surface area is 253 Å². The van der Waals surface area contributed by atoms with E-state index in [0.717, 1.165) is 61.1 Å². The van der Waals surface area contributed by atoms with Crippen LogP contribution >= 0.6 is 0 Å². The molecule has 0 spiro atoms. The maximum Gasteiger partial charge on any atom is 0.507 e. The summed E-state index contributed by atoms with van der Waals surface area (Å²) < 4.78 is 62.8. The van der Waals surface area contributed by atoms with Crippen molar-refractivity contribution in [3.05, 3.63) is 100 Å². The van der Waals surface area contributed by atoms with Crippen molar-refractivity contribution in [2.24, 2.45) is 0 Å². The number of rotatable bonds is 9. The second-order valence-electron chi connectivity index (χ2n) is 10.5. The third-order valence-electron chi connectivity index (χ3n) is 7.37. The Kier molecular flexibility index (Phi) is 8.48. The first-order valence-electron chi connectivity index (χ1n) is 13.8. The molecule has 2 aliphatic rings. The molecule has 9 nitrogen and oxygen atoms in total. The van der Waals surface area contributed by atoms with Gasteiger partial charge in [-0.1, -0.05) is 30.3 Å². The number of aliphatic carboxylic acids is 1. The van der Waals surface area contributed by atoms with E-state index in [1.54, 1.807) is 12.1 Å². The van der Waals surface area contributed by atoms with Crippen LogP contribution in [-0.4, -0.2) is 58.5 Å². The number of carbonyl (C=O) groups is 4. The van der Waals surface area contributed by atoms with Gasteiger partial charge in [-0.15, -0.1) is 0 Å². The Hall–Kier alpha value is -5.04. The van der Waals surface area contributed by atoms with Crippen LogP contribution in [0.2, 0.25) is 0 Å². The lowest BCUT2D eigenvalue weighted by Gasteiger charge is -2.31. The number of hydrogen-bond acceptors (Lipinski definition) is 7. The molecule has 0 saturated heterocycles. The van der Waals surface area contributed by atoms with Crippen LogP contribution < -0.4 is 14.8 Å². The van der Waals surface area contributed by atoms with Gasteiger partial charge < -0.3 is 25.0 Å². The predicted molar refractivity (Wildman–Crippen MR) is 150 cm³/mol. The smallest absolute Gasteiger partial charge is 0.479 e. The van der Waals surface area contributed by atoms with Gasteiger partial charge in [-0.3, -0.25) is 14.4 Å². The van der Waals surface area contributed by atoms with Crippen molar-refractivity contribution in [2.75, 3.05) is 6.54 Å². The summed E-state index contributed by atoms with van der Waals surface area (Å²) in [6, 6.07) is 13.4. The number of ketones is 2. The lowest BCUT2D eigenvalue weighted by Crippen LogP contribution is -2.52. The summed E-state index contributed by atoms with van der Waals surface area (Å²) in [5.41, 5.74) is 2.37. The summed E-state index contributed by atoms with van der Waals surface area (Å²) in [5, 5.41) is 20.4. The number of aliphatic hydroxyl groups excluding tert-OH is 1. The number of hydrogen-bond donors (Lipinski definition) is 3. The number of nitrogens with one attached hydrogen (secondary N) is 1. The van der Waals surface area contributed by atoms with E-state index >= 15 is 0 Å². The van der Waals surface area contributed by atoms with Crippen molar-refractivity contribution in [3.8, 4) is 11.5 Å². The van der Waals surface area contributed by atoms with Gasteiger partial charge in [0, 0.05) is 22.3 Å². The Balaban J connectivity index is 1.46. The van der Waals surface area contributed by atoms with Crippen LogP contribution in [-0.2, 0) is 17.6 Å². The van der Waals surface area contributed by atoms with E-state index in [1.165, 1.54) is 24.3 Å². The number of ether oxygens (including phenoxy) is 2. The monoisotopic (exact) mass is 627 g/mol. The SMILES string of the molecule is O=C(C=C(C(=O)c1ccc(C(=O)NC[C@@H](O)C(=O)O)cc1)c1ccc2c(c1)CCCC2)c1ccc2c(c1)OC(F)(F)C(F)(F)O2. The molecule has 1 amide bonds. The van der Waals surface area contributed by atoms with E-state index in [0.29, 0.717) is 5.56 Å². The second kappa shape index (κ2) is 12.2. The molecule has 45 heavy (non-hydrogen) atoms. The number of aryl methyl sites for hydroxylation is 2. The maximum atomic E-state index is 13.8. The molecule has 1 aliphatic carbocycles. The van der Waals surface area contributed by atoms with Crippen molar-refractivity contribution in [3.63, 3.8) is 0 Å². The van der Waals surface area contributed by atoms with Crippen LogP contribution in [0.3, 0.4) is 0 Å². The summed E-state index contributed by atoms with van der Waals surface area (Å²) in [6.07, 6.45) is -7.13. The number of halogens is 4. The molecule has 3 N–H and O–H groups in total. The van der Waals surface area contributed by atoms with Gasteiger partial charge in [0.1, 0.15) is 0 Å². The normalized spacial score (nSPS) is 17.0. The zero-order valence-electron chi connectivity index (χ0n) is 23.3. The van der Waals surface area contributed by atoms with Crippen molar-refractivity contribution >= 4 is 29.0 Å². The molecule has 0 radical (unpaired) electrons. The van der Waals surface area contributed by atoms with Gasteiger partial charge in [0.25, 0.3) is 5.91 Å². The third kappa shape index (κ3) is 6.58. The van der Waals surface area contributed by atoms with Crippen molar-refractivity contribution in [1.29, 1.82) is 0 Å². The highest BCUT2D eigenvalue weighted by molar-refractivity contribution is 6.32. The minimum atomic E-state index is -4.99. The molecule has 0 fully saturated rings. The van der Waals surface area contributed by atoms with E-state index in [9.17, 15) is 41.8 Å². The molecule has 0 saturated carbocycles. The highest BCUT2D eigenvalue weighted by Gasteiger charge is 2.66. The first-order valence-corrected chi connectivity index (χ1v) is 13.8. The molecule has 13 heteroatoms. The number of allylic oxidation sites excluding steroid dienone is 2. The minimum Gasteiger partial charge on any atom is -0.479 e. The zero-order chi connectivity index (χ0) is 32.5. The fraction of sp³-hybridized carbons (Fsp3) is 0.250. The Bertz CT molecular complexity index is 1720. The highest BCUT2D eigenvalue weighted by atomic mass is 19.3. The summed E-state index contributed by atoms with van der Waals surface area (Å²) >= 11 is 0. The molecular formula is C32H25F4NO8. The van der Waals surface area contributed by atoms with Crippen LogP contribution in [0.4, 0.5) is 17.6 Å². The average molecular weight is 628 g/mol. The molecule has 0 unspecified atom stereocenters. The van der Waals surface area contributed by atoms with Gasteiger partial charge in [0.05, 0.1) is 6.54 Å². The first-order chi connectivity index (χ1) is 21.3. The largest absolute Gasteiger partial charge is 0.507 e. The number of Topliss-reactive ketones (excluding diaryl/α,β-unsaturated/α-hetero) is 1. The summed E-state index contributed by atoms with van der Waals surface area (Å²) in [5.74, 6) is -5.11. The number of alkyl halides is 4. The fourth-order valence-electron chi connectivity index (χ4n) is 4.92. The first kappa shape index (κ1) is 31.4. The molecule has 234 valence electrons. The van der Waals surface area contributed by atoms with Crippen molar-refractivity contribution in [1.82, 2.24) is 5.32 Å². The number of fused-ring (bicyclic) bond motifs is 2. The highest BCUT2D eigenvalue weighted by Crippen LogP contribution is 2.47. The minimum absolute atomic E-state index is 0.0538. The van der Waals surface area contributed by atoms with E-state index in [1.807, 2.05) is 6.07 Å². The maximum absolute atomic E-state index is 13.8. The molecule has 1 aliphatic heterocycles. The molecule has 1 heterocycles. The number of carboxylic acid groups (broad SMARTS) is 1. The molecule has 0 aromatic heterocycles. The lowest BCUT2D eigenvalue weighted by atomic mass is 9.87. The number of aliphatic hydroxyl groups is 1. The summed E-state index contributed by atoms with van der Waals surface area (Å²) in [6.45, 7) is -0.540. The van der Waals surface area contributed by atoms with Gasteiger partial charge in [0.15, 0.2) is 29.2 Å². The molecule has 3 aromatic carbocycles. The van der Waals surface area contributed by atoms with E-state index in [-0.39, 0.29) is 22.3 Å². The second-order valence-corrected chi connectivity index (χ2v) is 10.5. The van der Waals surface area contributed by atoms with E-state index in [4.69, 9.17) is 5.11 Å². The predicted octanol–water partition coefficient (Wildman–Crippen LogP) is 4.85. The average Bonchev–Trinajstić information content (AvgIpc) is 3.01. The molecule has 1 atom stereocenters. The van der Waals surface area contributed by atoms with Gasteiger partial charge in [-0.25, -0.2) is 4.79 Å². The van der Waals surface area contributed by atoms with Crippen LogP contribution in [0.15, 0.2) is 66.7 Å². The third-order valence-corrected chi connectivity index (χ3v) is 7.37. The number of carboxylic acids is 1. The molecule has 5 rings (SSSR count). The van der Waals surface area contributed by atoms with Crippen molar-refractivity contribution < 1.29 is 56.4 Å². The summed E-state index contributed by atoms with van der Waals surface area (Å²) in [4.78, 5) is 50.3. The van der Waals surface area contributed by atoms with Crippen LogP contribution in [0.1, 0.15) is 60.6 Å². The Morgan fingerprint density at radius 2 is 1.36 bits per heavy atom. The van der Waals surface area contributed by atoms with E-state index in [2.05, 4.69) is 14.8 Å². The van der Waals surface area contributed by atoms with Crippen LogP contribution in [0.5, 0.6) is 11.5 Å². The molecule has 0 bridgehead atoms. The topological polar surface area (TPSA) is 139 Å². The zero-order valence-corrected chi connectivity index (χ0v) is 23.3. The van der Waals surface area contributed by atoms with Crippen LogP contribution in [0.25, 0.3) is 5.57 Å². The van der Waals surface area contributed by atoms with Gasteiger partial charge >= 0.3 is 18.2 Å². The van der Waals surface area contributed by atoms with Crippen LogP contribution in [0, 0.1) is 0 Å². The quantitative estimate of drug-likeness (QED) is 0.174. The van der Waals surface area contributed by atoms with E-state index < -0.39 is 59.8 Å². The number of benzene rings is 3. The summed E-state index contributed by atoms with van der Waals surface area (Å²) in [7, 11) is 0. The Morgan fingerprint density at radius 1 is 0.778 bits per heavy atom. The number of carbonyl (C=O) groups excluding carboxylic acids is 3. The van der Waals surface area contributed by atoms with Crippen molar-refractivity contribution in [2.45, 2.75) is 44.0 Å². The molecule has 3 aromatic rings.